The summed E-state index contributed by atoms with van der Waals surface area (Å²) < 4.78 is 6.98. The molecule has 0 unspecified atom stereocenters. The molecule has 0 spiro atoms. The van der Waals surface area contributed by atoms with E-state index in [0.717, 1.165) is 0 Å². The fraction of sp³-hybridized carbons (Fsp3) is 0.278. The average molecular weight is 407 g/mol. The van der Waals surface area contributed by atoms with E-state index in [9.17, 15) is 9.90 Å². The Labute approximate surface area is 164 Å². The third-order valence-corrected chi connectivity index (χ3v) is 5.01. The Kier molecular flexibility index (Phi) is 4.67. The smallest absolute Gasteiger partial charge is 0.272 e. The predicted octanol–water partition coefficient (Wildman–Crippen LogP) is 2.99. The number of halogens is 2. The van der Waals surface area contributed by atoms with Gasteiger partial charge in [-0.05, 0) is 31.0 Å². The lowest BCUT2D eigenvalue weighted by atomic mass is 9.89. The highest BCUT2D eigenvalue weighted by molar-refractivity contribution is 6.31. The van der Waals surface area contributed by atoms with Gasteiger partial charge < -0.3 is 15.2 Å². The number of rotatable bonds is 4. The monoisotopic (exact) mass is 406 g/mol. The fourth-order valence-corrected chi connectivity index (χ4v) is 3.44. The first kappa shape index (κ1) is 18.0. The molecule has 1 aliphatic carbocycles. The number of aromatic nitrogens is 3. The summed E-state index contributed by atoms with van der Waals surface area (Å²) in [5.74, 6) is 0.214. The maximum Gasteiger partial charge on any atom is 0.272 e. The quantitative estimate of drug-likeness (QED) is 0.650. The van der Waals surface area contributed by atoms with Crippen molar-refractivity contribution < 1.29 is 14.6 Å². The molecule has 0 bridgehead atoms. The van der Waals surface area contributed by atoms with Gasteiger partial charge in [-0.25, -0.2) is 9.67 Å². The number of benzene rings is 1. The molecule has 1 fully saturated rings. The summed E-state index contributed by atoms with van der Waals surface area (Å²) in [6.07, 6.45) is 2.23. The molecule has 1 amide bonds. The molecule has 0 saturated heterocycles. The molecule has 0 radical (unpaired) electrons. The number of carbonyl (C=O) groups excluding carboxylic acids is 1. The molecule has 1 saturated carbocycles. The van der Waals surface area contributed by atoms with Crippen LogP contribution in [0.25, 0.3) is 16.6 Å². The molecule has 2 aromatic heterocycles. The van der Waals surface area contributed by atoms with Crippen molar-refractivity contribution in [3.63, 3.8) is 0 Å². The number of nitrogens with zero attached hydrogens (tertiary/aromatic N) is 3. The summed E-state index contributed by atoms with van der Waals surface area (Å²) in [4.78, 5) is 16.8. The second-order valence-corrected chi connectivity index (χ2v) is 7.22. The van der Waals surface area contributed by atoms with Crippen LogP contribution in [0.2, 0.25) is 10.2 Å². The number of ether oxygens (including phenoxy) is 1. The molecule has 1 aromatic carbocycles. The van der Waals surface area contributed by atoms with E-state index in [4.69, 9.17) is 27.9 Å². The molecule has 4 rings (SSSR count). The first-order valence-corrected chi connectivity index (χ1v) is 9.09. The van der Waals surface area contributed by atoms with Crippen LogP contribution < -0.4 is 10.1 Å². The molecule has 3 aromatic rings. The number of nitrogens with one attached hydrogen (secondary N) is 1. The van der Waals surface area contributed by atoms with Gasteiger partial charge >= 0.3 is 0 Å². The van der Waals surface area contributed by atoms with Crippen LogP contribution in [-0.4, -0.2) is 45.0 Å². The van der Waals surface area contributed by atoms with E-state index in [1.807, 2.05) is 0 Å². The summed E-state index contributed by atoms with van der Waals surface area (Å²) in [5, 5.41) is 18.1. The second kappa shape index (κ2) is 6.99. The highest BCUT2D eigenvalue weighted by Gasteiger charge is 2.30. The second-order valence-electron chi connectivity index (χ2n) is 6.40. The lowest BCUT2D eigenvalue weighted by Crippen LogP contribution is -2.46. The van der Waals surface area contributed by atoms with Gasteiger partial charge in [-0.3, -0.25) is 4.79 Å². The van der Waals surface area contributed by atoms with E-state index >= 15 is 0 Å². The van der Waals surface area contributed by atoms with Gasteiger partial charge in [-0.15, -0.1) is 0 Å². The highest BCUT2D eigenvalue weighted by Crippen LogP contribution is 2.31. The minimum Gasteiger partial charge on any atom is -0.494 e. The lowest BCUT2D eigenvalue weighted by Gasteiger charge is -2.31. The third kappa shape index (κ3) is 3.34. The zero-order valence-corrected chi connectivity index (χ0v) is 15.8. The molecule has 2 heterocycles. The van der Waals surface area contributed by atoms with E-state index < -0.39 is 0 Å². The SMILES string of the molecule is COc1ccc(Cl)cc1-n1nc(C(=O)NC2CC(O)C2)c2cnc(Cl)cc21. The van der Waals surface area contributed by atoms with Crippen LogP contribution in [0.1, 0.15) is 23.3 Å². The number of aliphatic hydroxyl groups excluding tert-OH is 1. The van der Waals surface area contributed by atoms with Gasteiger partial charge in [0.25, 0.3) is 5.91 Å². The van der Waals surface area contributed by atoms with Crippen LogP contribution >= 0.6 is 23.2 Å². The minimum atomic E-state index is -0.360. The molecule has 7 nitrogen and oxygen atoms in total. The van der Waals surface area contributed by atoms with Crippen molar-refractivity contribution in [2.75, 3.05) is 7.11 Å². The Morgan fingerprint density at radius 1 is 1.33 bits per heavy atom. The summed E-state index contributed by atoms with van der Waals surface area (Å²) in [7, 11) is 1.54. The molecular formula is C18H16Cl2N4O3. The van der Waals surface area contributed by atoms with Crippen molar-refractivity contribution in [3.05, 3.63) is 46.3 Å². The van der Waals surface area contributed by atoms with Gasteiger partial charge in [0.2, 0.25) is 0 Å². The van der Waals surface area contributed by atoms with Gasteiger partial charge in [0, 0.05) is 23.3 Å². The largest absolute Gasteiger partial charge is 0.494 e. The first-order chi connectivity index (χ1) is 13.0. The van der Waals surface area contributed by atoms with E-state index in [1.54, 1.807) is 36.1 Å². The van der Waals surface area contributed by atoms with Crippen LogP contribution in [0.15, 0.2) is 30.5 Å². The number of methoxy groups -OCH3 is 1. The zero-order chi connectivity index (χ0) is 19.1. The van der Waals surface area contributed by atoms with Gasteiger partial charge in [0.05, 0.1) is 24.1 Å². The van der Waals surface area contributed by atoms with Crippen LogP contribution in [0, 0.1) is 0 Å². The molecule has 9 heteroatoms. The van der Waals surface area contributed by atoms with Crippen LogP contribution in [0.3, 0.4) is 0 Å². The molecule has 1 aliphatic rings. The number of carbonyl (C=O) groups is 1. The van der Waals surface area contributed by atoms with Crippen molar-refractivity contribution in [2.24, 2.45) is 0 Å². The van der Waals surface area contributed by atoms with Crippen molar-refractivity contribution in [1.29, 1.82) is 0 Å². The Bertz CT molecular complexity index is 1030. The van der Waals surface area contributed by atoms with Crippen molar-refractivity contribution in [2.45, 2.75) is 25.0 Å². The fourth-order valence-electron chi connectivity index (χ4n) is 3.13. The number of hydrogen-bond donors (Lipinski definition) is 2. The number of amides is 1. The molecule has 0 atom stereocenters. The zero-order valence-electron chi connectivity index (χ0n) is 14.3. The molecule has 140 valence electrons. The summed E-state index contributed by atoms with van der Waals surface area (Å²) in [5.41, 5.74) is 1.40. The maximum absolute atomic E-state index is 12.7. The Morgan fingerprint density at radius 3 is 2.81 bits per heavy atom. The maximum atomic E-state index is 12.7. The molecule has 27 heavy (non-hydrogen) atoms. The summed E-state index contributed by atoms with van der Waals surface area (Å²) in [6, 6.07) is 6.70. The van der Waals surface area contributed by atoms with Gasteiger partial charge in [0.1, 0.15) is 16.6 Å². The normalized spacial score (nSPS) is 19.0. The van der Waals surface area contributed by atoms with Gasteiger partial charge in [-0.1, -0.05) is 23.2 Å². The summed E-state index contributed by atoms with van der Waals surface area (Å²) >= 11 is 12.2. The van der Waals surface area contributed by atoms with Crippen molar-refractivity contribution in [1.82, 2.24) is 20.1 Å². The van der Waals surface area contributed by atoms with E-state index in [-0.39, 0.29) is 28.9 Å². The molecular weight excluding hydrogens is 391 g/mol. The standard InChI is InChI=1S/C18H16Cl2N4O3/c1-27-15-3-2-9(19)4-14(15)24-13-7-16(20)21-8-12(13)17(23-24)18(26)22-10-5-11(25)6-10/h2-4,7-8,10-11,25H,5-6H2,1H3,(H,22,26). The van der Waals surface area contributed by atoms with E-state index in [1.165, 1.54) is 6.20 Å². The third-order valence-electron chi connectivity index (χ3n) is 4.56. The van der Waals surface area contributed by atoms with Crippen molar-refractivity contribution >= 4 is 40.0 Å². The topological polar surface area (TPSA) is 89.3 Å². The van der Waals surface area contributed by atoms with E-state index in [0.29, 0.717) is 40.2 Å². The Hall–Kier alpha value is -2.35. The Balaban J connectivity index is 1.83. The van der Waals surface area contributed by atoms with E-state index in [2.05, 4.69) is 15.4 Å². The first-order valence-electron chi connectivity index (χ1n) is 8.33. The van der Waals surface area contributed by atoms with Gasteiger partial charge in [-0.2, -0.15) is 5.10 Å². The minimum absolute atomic E-state index is 0.0614. The van der Waals surface area contributed by atoms with Crippen LogP contribution in [0.5, 0.6) is 5.75 Å². The van der Waals surface area contributed by atoms with Crippen LogP contribution in [0.4, 0.5) is 0 Å². The Morgan fingerprint density at radius 2 is 2.11 bits per heavy atom. The molecule has 2 N–H and O–H groups in total. The lowest BCUT2D eigenvalue weighted by molar-refractivity contribution is 0.0561. The number of pyridine rings is 1. The number of fused-ring (bicyclic) bond motifs is 1. The van der Waals surface area contributed by atoms with Crippen LogP contribution in [-0.2, 0) is 0 Å². The number of aliphatic hydroxyl groups is 1. The summed E-state index contributed by atoms with van der Waals surface area (Å²) in [6.45, 7) is 0. The van der Waals surface area contributed by atoms with Crippen molar-refractivity contribution in [3.8, 4) is 11.4 Å². The average Bonchev–Trinajstić information content (AvgIpc) is 2.99. The number of hydrogen-bond acceptors (Lipinski definition) is 5. The highest BCUT2D eigenvalue weighted by atomic mass is 35.5. The van der Waals surface area contributed by atoms with Gasteiger partial charge in [0.15, 0.2) is 5.69 Å². The predicted molar refractivity (Wildman–Crippen MR) is 102 cm³/mol. The molecule has 0 aliphatic heterocycles.